The normalized spacial score (nSPS) is 11.4. The van der Waals surface area contributed by atoms with Crippen LogP contribution in [0.4, 0.5) is 0 Å². The zero-order chi connectivity index (χ0) is 16.7. The molecule has 0 aromatic heterocycles. The molecule has 2 N–H and O–H groups in total. The van der Waals surface area contributed by atoms with Crippen LogP contribution < -0.4 is 10.6 Å². The van der Waals surface area contributed by atoms with Crippen molar-refractivity contribution < 1.29 is 10.2 Å². The molecule has 0 saturated heterocycles. The van der Waals surface area contributed by atoms with E-state index >= 15 is 0 Å². The van der Waals surface area contributed by atoms with Crippen LogP contribution in [0.3, 0.4) is 0 Å². The molecule has 3 heteroatoms. The van der Waals surface area contributed by atoms with Gasteiger partial charge in [-0.2, -0.15) is 0 Å². The first-order valence-electron chi connectivity index (χ1n) is 7.82. The molecule has 4 rings (SSSR count). The van der Waals surface area contributed by atoms with E-state index in [0.29, 0.717) is 0 Å². The van der Waals surface area contributed by atoms with Gasteiger partial charge in [0.25, 0.3) is 0 Å². The minimum absolute atomic E-state index is 0.287. The van der Waals surface area contributed by atoms with E-state index in [1.807, 2.05) is 60.7 Å². The highest BCUT2D eigenvalue weighted by Crippen LogP contribution is 2.41. The van der Waals surface area contributed by atoms with Crippen LogP contribution >= 0.6 is 7.92 Å². The lowest BCUT2D eigenvalue weighted by atomic mass is 10.1. The Hall–Kier alpha value is -2.57. The van der Waals surface area contributed by atoms with Crippen LogP contribution in [0, 0.1) is 0 Å². The second kappa shape index (κ2) is 5.81. The lowest BCUT2D eigenvalue weighted by molar-refractivity contribution is 0.480. The summed E-state index contributed by atoms with van der Waals surface area (Å²) in [5.41, 5.74) is 0. The molecule has 4 aromatic carbocycles. The molecule has 0 fully saturated rings. The topological polar surface area (TPSA) is 40.5 Å². The van der Waals surface area contributed by atoms with Crippen LogP contribution in [0.1, 0.15) is 0 Å². The number of phenols is 2. The largest absolute Gasteiger partial charge is 0.507 e. The highest BCUT2D eigenvalue weighted by molar-refractivity contribution is 7.73. The van der Waals surface area contributed by atoms with Gasteiger partial charge in [-0.1, -0.05) is 60.7 Å². The van der Waals surface area contributed by atoms with Gasteiger partial charge in [0.2, 0.25) is 0 Å². The van der Waals surface area contributed by atoms with Crippen LogP contribution in [0.25, 0.3) is 21.5 Å². The van der Waals surface area contributed by atoms with Crippen molar-refractivity contribution in [2.75, 3.05) is 6.66 Å². The highest BCUT2D eigenvalue weighted by Gasteiger charge is 2.20. The molecule has 0 spiro atoms. The maximum Gasteiger partial charge on any atom is 0.124 e. The summed E-state index contributed by atoms with van der Waals surface area (Å²) < 4.78 is 0. The number of aromatic hydroxyl groups is 2. The molecule has 118 valence electrons. The highest BCUT2D eigenvalue weighted by atomic mass is 31.1. The lowest BCUT2D eigenvalue weighted by Crippen LogP contribution is -2.14. The predicted molar refractivity (Wildman–Crippen MR) is 103 cm³/mol. The molecule has 2 nitrogen and oxygen atoms in total. The Morgan fingerprint density at radius 3 is 1.46 bits per heavy atom. The summed E-state index contributed by atoms with van der Waals surface area (Å²) in [6, 6.07) is 23.5. The molecule has 0 aliphatic heterocycles. The van der Waals surface area contributed by atoms with Gasteiger partial charge in [-0.25, -0.2) is 0 Å². The molecule has 4 aromatic rings. The fourth-order valence-electron chi connectivity index (χ4n) is 3.30. The van der Waals surface area contributed by atoms with Crippen molar-refractivity contribution in [2.45, 2.75) is 0 Å². The van der Waals surface area contributed by atoms with Gasteiger partial charge in [-0.15, -0.1) is 0 Å². The van der Waals surface area contributed by atoms with Crippen molar-refractivity contribution in [3.63, 3.8) is 0 Å². The summed E-state index contributed by atoms with van der Waals surface area (Å²) in [6.45, 7) is 2.10. The minimum Gasteiger partial charge on any atom is -0.507 e. The monoisotopic (exact) mass is 332 g/mol. The summed E-state index contributed by atoms with van der Waals surface area (Å²) in [6.07, 6.45) is 0. The number of hydrogen-bond acceptors (Lipinski definition) is 2. The van der Waals surface area contributed by atoms with E-state index in [2.05, 4.69) is 6.66 Å². The summed E-state index contributed by atoms with van der Waals surface area (Å²) in [7, 11) is -0.912. The van der Waals surface area contributed by atoms with Crippen LogP contribution in [-0.2, 0) is 0 Å². The van der Waals surface area contributed by atoms with Crippen LogP contribution in [0.15, 0.2) is 72.8 Å². The van der Waals surface area contributed by atoms with Gasteiger partial charge in [0.15, 0.2) is 0 Å². The molecule has 24 heavy (non-hydrogen) atoms. The average molecular weight is 332 g/mol. The molecular formula is C21H17O2P. The second-order valence-electron chi connectivity index (χ2n) is 5.87. The fraction of sp³-hybridized carbons (Fsp3) is 0.0476. The minimum atomic E-state index is -0.912. The Morgan fingerprint density at radius 2 is 1.00 bits per heavy atom. The predicted octanol–water partition coefficient (Wildman–Crippen LogP) is 4.47. The standard InChI is InChI=1S/C21H17O2P/c1-24(20-16-8-4-2-6-14(16)10-12-18(20)22)21-17-9-5-3-7-15(17)11-13-19(21)23/h2-13,22-23H,1H3. The molecule has 0 saturated carbocycles. The third-order valence-corrected chi connectivity index (χ3v) is 6.71. The molecular weight excluding hydrogens is 315 g/mol. The van der Waals surface area contributed by atoms with Crippen LogP contribution in [0.2, 0.25) is 0 Å². The first-order chi connectivity index (χ1) is 11.7. The van der Waals surface area contributed by atoms with E-state index < -0.39 is 7.92 Å². The Morgan fingerprint density at radius 1 is 0.583 bits per heavy atom. The summed E-state index contributed by atoms with van der Waals surface area (Å²) in [5, 5.41) is 27.2. The van der Waals surface area contributed by atoms with E-state index in [1.165, 1.54) is 0 Å². The zero-order valence-electron chi connectivity index (χ0n) is 13.3. The van der Waals surface area contributed by atoms with Crippen molar-refractivity contribution in [3.05, 3.63) is 72.8 Å². The summed E-state index contributed by atoms with van der Waals surface area (Å²) >= 11 is 0. The van der Waals surface area contributed by atoms with Crippen molar-refractivity contribution in [2.24, 2.45) is 0 Å². The Labute approximate surface area is 141 Å². The van der Waals surface area contributed by atoms with Crippen molar-refractivity contribution in [3.8, 4) is 11.5 Å². The average Bonchev–Trinajstić information content (AvgIpc) is 2.61. The van der Waals surface area contributed by atoms with E-state index in [9.17, 15) is 10.2 Å². The van der Waals surface area contributed by atoms with E-state index in [0.717, 1.165) is 32.2 Å². The first kappa shape index (κ1) is 15.0. The van der Waals surface area contributed by atoms with Crippen LogP contribution in [0.5, 0.6) is 11.5 Å². The third-order valence-electron chi connectivity index (χ3n) is 4.43. The zero-order valence-corrected chi connectivity index (χ0v) is 14.2. The van der Waals surface area contributed by atoms with Crippen molar-refractivity contribution >= 4 is 40.1 Å². The summed E-state index contributed by atoms with van der Waals surface area (Å²) in [4.78, 5) is 0. The maximum atomic E-state index is 10.5. The van der Waals surface area contributed by atoms with Crippen molar-refractivity contribution in [1.82, 2.24) is 0 Å². The maximum absolute atomic E-state index is 10.5. The Balaban J connectivity index is 2.03. The van der Waals surface area contributed by atoms with Gasteiger partial charge in [0.1, 0.15) is 11.5 Å². The first-order valence-corrected chi connectivity index (χ1v) is 9.61. The smallest absolute Gasteiger partial charge is 0.124 e. The van der Waals surface area contributed by atoms with Gasteiger partial charge in [-0.05, 0) is 48.3 Å². The molecule has 0 amide bonds. The molecule has 0 heterocycles. The SMILES string of the molecule is CP(c1c(O)ccc2ccccc12)c1c(O)ccc2ccccc12. The van der Waals surface area contributed by atoms with E-state index in [1.54, 1.807) is 12.1 Å². The second-order valence-corrected chi connectivity index (χ2v) is 7.88. The quantitative estimate of drug-likeness (QED) is 0.532. The van der Waals surface area contributed by atoms with Gasteiger partial charge >= 0.3 is 0 Å². The van der Waals surface area contributed by atoms with Crippen LogP contribution in [-0.4, -0.2) is 16.9 Å². The molecule has 0 unspecified atom stereocenters. The lowest BCUT2D eigenvalue weighted by Gasteiger charge is -2.20. The number of phenolic OH excluding ortho intramolecular Hbond substituents is 2. The number of rotatable bonds is 2. The molecule has 0 atom stereocenters. The third kappa shape index (κ3) is 2.31. The van der Waals surface area contributed by atoms with Gasteiger partial charge in [-0.3, -0.25) is 0 Å². The fourth-order valence-corrected chi connectivity index (χ4v) is 5.49. The van der Waals surface area contributed by atoms with E-state index in [-0.39, 0.29) is 11.5 Å². The van der Waals surface area contributed by atoms with Gasteiger partial charge in [0, 0.05) is 10.6 Å². The Bertz CT molecular complexity index is 971. The van der Waals surface area contributed by atoms with Gasteiger partial charge < -0.3 is 10.2 Å². The van der Waals surface area contributed by atoms with Gasteiger partial charge in [0.05, 0.1) is 0 Å². The number of fused-ring (bicyclic) bond motifs is 2. The van der Waals surface area contributed by atoms with E-state index in [4.69, 9.17) is 0 Å². The number of hydrogen-bond donors (Lipinski definition) is 2. The van der Waals surface area contributed by atoms with Crippen molar-refractivity contribution in [1.29, 1.82) is 0 Å². The molecule has 0 aliphatic rings. The molecule has 0 radical (unpaired) electrons. The molecule has 0 aliphatic carbocycles. The number of benzene rings is 4. The summed E-state index contributed by atoms with van der Waals surface area (Å²) in [5.74, 6) is 0.573. The Kier molecular flexibility index (Phi) is 3.63. The molecule has 0 bridgehead atoms.